The standard InChI is InChI=1S/C9H20O6/c1-2-5-15-9(14)8(13)7(12)6(11)3-4-10/h6-14H,2-5H2,1H3/t6-,7?,8-,9-/m1/s1. The summed E-state index contributed by atoms with van der Waals surface area (Å²) in [4.78, 5) is 0. The van der Waals surface area contributed by atoms with Crippen molar-refractivity contribution in [1.29, 1.82) is 0 Å². The van der Waals surface area contributed by atoms with E-state index in [2.05, 4.69) is 0 Å². The molecule has 0 aromatic heterocycles. The van der Waals surface area contributed by atoms with Gasteiger partial charge >= 0.3 is 0 Å². The summed E-state index contributed by atoms with van der Waals surface area (Å²) in [7, 11) is 0. The second kappa shape index (κ2) is 7.98. The molecule has 0 aromatic carbocycles. The Morgan fingerprint density at radius 3 is 2.13 bits per heavy atom. The summed E-state index contributed by atoms with van der Waals surface area (Å²) in [5.74, 6) is 0. The molecular formula is C9H20O6. The summed E-state index contributed by atoms with van der Waals surface area (Å²) in [6, 6.07) is 0. The Hall–Kier alpha value is -0.240. The fraction of sp³-hybridized carbons (Fsp3) is 1.00. The summed E-state index contributed by atoms with van der Waals surface area (Å²) < 4.78 is 4.77. The summed E-state index contributed by atoms with van der Waals surface area (Å²) in [5.41, 5.74) is 0. The smallest absolute Gasteiger partial charge is 0.183 e. The van der Waals surface area contributed by atoms with Crippen molar-refractivity contribution in [2.24, 2.45) is 0 Å². The average Bonchev–Trinajstić information content (AvgIpc) is 2.24. The van der Waals surface area contributed by atoms with Crippen LogP contribution in [0, 0.1) is 0 Å². The molecule has 0 heterocycles. The van der Waals surface area contributed by atoms with Gasteiger partial charge < -0.3 is 30.3 Å². The predicted octanol–water partition coefficient (Wildman–Crippen LogP) is -1.80. The van der Waals surface area contributed by atoms with Gasteiger partial charge in [-0.05, 0) is 12.8 Å². The largest absolute Gasteiger partial charge is 0.396 e. The Bertz CT molecular complexity index is 154. The highest BCUT2D eigenvalue weighted by molar-refractivity contribution is 4.76. The third kappa shape index (κ3) is 5.41. The van der Waals surface area contributed by atoms with Gasteiger partial charge in [0.1, 0.15) is 12.2 Å². The van der Waals surface area contributed by atoms with E-state index in [0.29, 0.717) is 6.42 Å². The van der Waals surface area contributed by atoms with Crippen LogP contribution in [0.25, 0.3) is 0 Å². The van der Waals surface area contributed by atoms with Crippen molar-refractivity contribution in [3.8, 4) is 0 Å². The fourth-order valence-corrected chi connectivity index (χ4v) is 1.04. The predicted molar refractivity (Wildman–Crippen MR) is 52.0 cm³/mol. The van der Waals surface area contributed by atoms with Crippen molar-refractivity contribution < 1.29 is 30.3 Å². The molecule has 0 saturated heterocycles. The maximum absolute atomic E-state index is 9.34. The Kier molecular flexibility index (Phi) is 7.85. The monoisotopic (exact) mass is 224 g/mol. The van der Waals surface area contributed by atoms with E-state index in [1.54, 1.807) is 0 Å². The second-order valence-electron chi connectivity index (χ2n) is 3.32. The zero-order chi connectivity index (χ0) is 11.8. The van der Waals surface area contributed by atoms with E-state index < -0.39 is 24.6 Å². The molecule has 0 spiro atoms. The van der Waals surface area contributed by atoms with Gasteiger partial charge in [-0.25, -0.2) is 0 Å². The molecule has 5 N–H and O–H groups in total. The van der Waals surface area contributed by atoms with Crippen LogP contribution in [0.3, 0.4) is 0 Å². The van der Waals surface area contributed by atoms with Crippen molar-refractivity contribution in [2.75, 3.05) is 13.2 Å². The molecule has 0 bridgehead atoms. The molecule has 4 atom stereocenters. The van der Waals surface area contributed by atoms with Crippen LogP contribution >= 0.6 is 0 Å². The zero-order valence-electron chi connectivity index (χ0n) is 8.78. The van der Waals surface area contributed by atoms with E-state index in [-0.39, 0.29) is 19.6 Å². The van der Waals surface area contributed by atoms with E-state index >= 15 is 0 Å². The molecule has 0 aromatic rings. The minimum atomic E-state index is -1.59. The molecule has 0 aliphatic heterocycles. The lowest BCUT2D eigenvalue weighted by Gasteiger charge is -2.26. The summed E-state index contributed by atoms with van der Waals surface area (Å²) in [6.45, 7) is 1.77. The van der Waals surface area contributed by atoms with Crippen LogP contribution in [0.1, 0.15) is 19.8 Å². The Labute approximate surface area is 88.7 Å². The van der Waals surface area contributed by atoms with Crippen molar-refractivity contribution in [3.63, 3.8) is 0 Å². The lowest BCUT2D eigenvalue weighted by Crippen LogP contribution is -2.45. The second-order valence-corrected chi connectivity index (χ2v) is 3.32. The van der Waals surface area contributed by atoms with Gasteiger partial charge in [0.25, 0.3) is 0 Å². The lowest BCUT2D eigenvalue weighted by atomic mass is 10.1. The van der Waals surface area contributed by atoms with E-state index in [4.69, 9.17) is 9.84 Å². The van der Waals surface area contributed by atoms with Crippen LogP contribution in [0.15, 0.2) is 0 Å². The first-order valence-electron chi connectivity index (χ1n) is 4.99. The molecule has 1 unspecified atom stereocenters. The number of aliphatic hydroxyl groups excluding tert-OH is 5. The molecule has 0 fully saturated rings. The van der Waals surface area contributed by atoms with Gasteiger partial charge in [0.15, 0.2) is 6.29 Å². The molecule has 6 heteroatoms. The molecule has 15 heavy (non-hydrogen) atoms. The van der Waals surface area contributed by atoms with E-state index in [9.17, 15) is 20.4 Å². The van der Waals surface area contributed by atoms with Gasteiger partial charge in [0.05, 0.1) is 6.10 Å². The van der Waals surface area contributed by atoms with Crippen LogP contribution in [0.2, 0.25) is 0 Å². The fourth-order valence-electron chi connectivity index (χ4n) is 1.04. The van der Waals surface area contributed by atoms with Crippen molar-refractivity contribution >= 4 is 0 Å². The van der Waals surface area contributed by atoms with Gasteiger partial charge in [0, 0.05) is 13.2 Å². The van der Waals surface area contributed by atoms with Gasteiger partial charge in [-0.3, -0.25) is 0 Å². The van der Waals surface area contributed by atoms with Crippen LogP contribution < -0.4 is 0 Å². The Morgan fingerprint density at radius 1 is 1.07 bits per heavy atom. The van der Waals surface area contributed by atoms with Crippen LogP contribution in [0.4, 0.5) is 0 Å². The lowest BCUT2D eigenvalue weighted by molar-refractivity contribution is -0.202. The maximum Gasteiger partial charge on any atom is 0.183 e. The minimum absolute atomic E-state index is 0.0707. The molecule has 6 nitrogen and oxygen atoms in total. The quantitative estimate of drug-likeness (QED) is 0.311. The number of hydrogen-bond donors (Lipinski definition) is 5. The number of rotatable bonds is 8. The highest BCUT2D eigenvalue weighted by Gasteiger charge is 2.30. The maximum atomic E-state index is 9.34. The third-order valence-electron chi connectivity index (χ3n) is 1.95. The summed E-state index contributed by atoms with van der Waals surface area (Å²) in [5, 5.41) is 45.6. The SMILES string of the molecule is CCCO[C@@H](O)[C@H](O)C(O)[C@H](O)CCO. The first-order valence-corrected chi connectivity index (χ1v) is 4.99. The van der Waals surface area contributed by atoms with Gasteiger partial charge in [-0.2, -0.15) is 0 Å². The van der Waals surface area contributed by atoms with Gasteiger partial charge in [-0.15, -0.1) is 0 Å². The molecule has 0 amide bonds. The normalized spacial score (nSPS) is 19.6. The van der Waals surface area contributed by atoms with E-state index in [1.165, 1.54) is 0 Å². The first kappa shape index (κ1) is 14.8. The average molecular weight is 224 g/mol. The minimum Gasteiger partial charge on any atom is -0.396 e. The first-order chi connectivity index (χ1) is 7.04. The third-order valence-corrected chi connectivity index (χ3v) is 1.95. The van der Waals surface area contributed by atoms with Crippen molar-refractivity contribution in [2.45, 2.75) is 44.4 Å². The molecular weight excluding hydrogens is 204 g/mol. The number of aliphatic hydroxyl groups is 5. The summed E-state index contributed by atoms with van der Waals surface area (Å²) in [6.07, 6.45) is -5.35. The van der Waals surface area contributed by atoms with Crippen LogP contribution in [0.5, 0.6) is 0 Å². The molecule has 92 valence electrons. The number of hydrogen-bond acceptors (Lipinski definition) is 6. The molecule has 0 aliphatic carbocycles. The highest BCUT2D eigenvalue weighted by Crippen LogP contribution is 2.08. The topological polar surface area (TPSA) is 110 Å². The molecule has 0 aliphatic rings. The zero-order valence-corrected chi connectivity index (χ0v) is 8.78. The van der Waals surface area contributed by atoms with Crippen LogP contribution in [-0.2, 0) is 4.74 Å². The van der Waals surface area contributed by atoms with Gasteiger partial charge in [-0.1, -0.05) is 6.92 Å². The highest BCUT2D eigenvalue weighted by atomic mass is 16.6. The molecule has 0 saturated carbocycles. The van der Waals surface area contributed by atoms with E-state index in [0.717, 1.165) is 0 Å². The van der Waals surface area contributed by atoms with Crippen LogP contribution in [-0.4, -0.2) is 63.3 Å². The Morgan fingerprint density at radius 2 is 1.67 bits per heavy atom. The van der Waals surface area contributed by atoms with Crippen molar-refractivity contribution in [3.05, 3.63) is 0 Å². The Balaban J connectivity index is 3.99. The number of ether oxygens (including phenoxy) is 1. The summed E-state index contributed by atoms with van der Waals surface area (Å²) >= 11 is 0. The van der Waals surface area contributed by atoms with Gasteiger partial charge in [0.2, 0.25) is 0 Å². The molecule has 0 rings (SSSR count). The molecule has 0 radical (unpaired) electrons. The van der Waals surface area contributed by atoms with Crippen molar-refractivity contribution in [1.82, 2.24) is 0 Å². The van der Waals surface area contributed by atoms with E-state index in [1.807, 2.05) is 6.92 Å².